The van der Waals surface area contributed by atoms with Crippen molar-refractivity contribution in [1.29, 1.82) is 0 Å². The van der Waals surface area contributed by atoms with E-state index in [-0.39, 0.29) is 23.3 Å². The molecule has 0 spiro atoms. The molecule has 7 heteroatoms. The first-order valence-corrected chi connectivity index (χ1v) is 18.6. The van der Waals surface area contributed by atoms with E-state index in [0.29, 0.717) is 25.9 Å². The Labute approximate surface area is 282 Å². The van der Waals surface area contributed by atoms with Gasteiger partial charge >= 0.3 is 6.09 Å². The van der Waals surface area contributed by atoms with Crippen molar-refractivity contribution in [3.63, 3.8) is 0 Å². The first kappa shape index (κ1) is 34.6. The lowest BCUT2D eigenvalue weighted by Gasteiger charge is -2.44. The summed E-state index contributed by atoms with van der Waals surface area (Å²) >= 11 is 0. The van der Waals surface area contributed by atoms with Crippen LogP contribution in [0.15, 0.2) is 121 Å². The van der Waals surface area contributed by atoms with Crippen LogP contribution in [0.3, 0.4) is 0 Å². The van der Waals surface area contributed by atoms with Crippen molar-refractivity contribution in [2.24, 2.45) is 0 Å². The molecule has 0 unspecified atom stereocenters. The van der Waals surface area contributed by atoms with E-state index in [0.717, 1.165) is 11.1 Å². The van der Waals surface area contributed by atoms with E-state index in [2.05, 4.69) is 81.4 Å². The standard InChI is InChI=1S/C40H50N2O4Si/c1-39(2,3)45-38(43)41-30-33(46-47(40(4,5)6,34-23-15-9-16-24-34)35-25-17-10-18-26-35)28-36(41)37(27-31-19-11-7-12-20-31)42(44)29-32-21-13-8-14-22-32/h7-26,33,36-37,44H,27-30H2,1-6H3/t33-,36+,37+/m1/s1. The Morgan fingerprint density at radius 2 is 1.26 bits per heavy atom. The minimum atomic E-state index is -2.91. The van der Waals surface area contributed by atoms with Gasteiger partial charge in [0.15, 0.2) is 0 Å². The number of likely N-dealkylation sites (tertiary alicyclic amines) is 1. The lowest BCUT2D eigenvalue weighted by molar-refractivity contribution is -0.150. The van der Waals surface area contributed by atoms with Crippen LogP contribution in [0.25, 0.3) is 0 Å². The Morgan fingerprint density at radius 1 is 0.787 bits per heavy atom. The summed E-state index contributed by atoms with van der Waals surface area (Å²) in [6.07, 6.45) is 0.456. The van der Waals surface area contributed by atoms with E-state index >= 15 is 0 Å². The fourth-order valence-corrected chi connectivity index (χ4v) is 11.6. The summed E-state index contributed by atoms with van der Waals surface area (Å²) in [6, 6.07) is 40.6. The predicted molar refractivity (Wildman–Crippen MR) is 192 cm³/mol. The van der Waals surface area contributed by atoms with Gasteiger partial charge in [-0.2, -0.15) is 5.06 Å². The molecule has 1 N–H and O–H groups in total. The second-order valence-electron chi connectivity index (χ2n) is 14.7. The summed E-state index contributed by atoms with van der Waals surface area (Å²) in [5.74, 6) is 0. The van der Waals surface area contributed by atoms with Crippen molar-refractivity contribution >= 4 is 24.8 Å². The quantitative estimate of drug-likeness (QED) is 0.143. The topological polar surface area (TPSA) is 62.2 Å². The average molecular weight is 651 g/mol. The number of hydrogen-bond acceptors (Lipinski definition) is 5. The Hall–Kier alpha value is -3.75. The SMILES string of the molecule is CC(C)(C)OC(=O)N1C[C@H](O[Si](c2ccccc2)(c2ccccc2)C(C)(C)C)C[C@H]1[C@H](Cc1ccccc1)N(O)Cc1ccccc1. The van der Waals surface area contributed by atoms with Gasteiger partial charge in [-0.3, -0.25) is 0 Å². The van der Waals surface area contributed by atoms with E-state index in [1.165, 1.54) is 15.4 Å². The molecule has 0 bridgehead atoms. The van der Waals surface area contributed by atoms with Gasteiger partial charge in [-0.15, -0.1) is 0 Å². The molecule has 3 atom stereocenters. The van der Waals surface area contributed by atoms with Crippen LogP contribution in [0.4, 0.5) is 4.79 Å². The van der Waals surface area contributed by atoms with Crippen LogP contribution in [0, 0.1) is 0 Å². The summed E-state index contributed by atoms with van der Waals surface area (Å²) in [5.41, 5.74) is 1.41. The molecule has 0 aliphatic carbocycles. The Kier molecular flexibility index (Phi) is 10.7. The molecule has 1 aliphatic heterocycles. The van der Waals surface area contributed by atoms with E-state index < -0.39 is 20.0 Å². The molecule has 47 heavy (non-hydrogen) atoms. The highest BCUT2D eigenvalue weighted by Gasteiger charge is 2.54. The van der Waals surface area contributed by atoms with Crippen LogP contribution in [0.5, 0.6) is 0 Å². The van der Waals surface area contributed by atoms with Crippen LogP contribution in [0.2, 0.25) is 5.04 Å². The molecule has 1 fully saturated rings. The summed E-state index contributed by atoms with van der Waals surface area (Å²) in [6.45, 7) is 13.2. The van der Waals surface area contributed by atoms with Gasteiger partial charge in [0, 0.05) is 13.1 Å². The normalized spacial score (nSPS) is 17.9. The van der Waals surface area contributed by atoms with E-state index in [1.54, 1.807) is 0 Å². The highest BCUT2D eigenvalue weighted by Crippen LogP contribution is 2.40. The second kappa shape index (κ2) is 14.6. The van der Waals surface area contributed by atoms with Crippen molar-refractivity contribution in [2.75, 3.05) is 6.54 Å². The lowest BCUT2D eigenvalue weighted by atomic mass is 9.96. The summed E-state index contributed by atoms with van der Waals surface area (Å²) < 4.78 is 13.6. The Balaban J connectivity index is 1.57. The number of nitrogens with zero attached hydrogens (tertiary/aromatic N) is 2. The maximum atomic E-state index is 14.0. The minimum absolute atomic E-state index is 0.218. The fourth-order valence-electron chi connectivity index (χ4n) is 6.93. The van der Waals surface area contributed by atoms with Gasteiger partial charge < -0.3 is 19.3 Å². The Morgan fingerprint density at radius 3 is 1.72 bits per heavy atom. The zero-order chi connectivity index (χ0) is 33.7. The number of benzene rings is 4. The molecular formula is C40H50N2O4Si. The zero-order valence-electron chi connectivity index (χ0n) is 28.7. The van der Waals surface area contributed by atoms with Crippen molar-refractivity contribution in [2.45, 2.75) is 89.8 Å². The smallest absolute Gasteiger partial charge is 0.410 e. The van der Waals surface area contributed by atoms with Gasteiger partial charge in [0.1, 0.15) is 5.60 Å². The van der Waals surface area contributed by atoms with Gasteiger partial charge in [-0.1, -0.05) is 142 Å². The number of hydroxylamine groups is 2. The number of amides is 1. The first-order chi connectivity index (χ1) is 22.4. The van der Waals surface area contributed by atoms with Crippen LogP contribution >= 0.6 is 0 Å². The monoisotopic (exact) mass is 650 g/mol. The first-order valence-electron chi connectivity index (χ1n) is 16.7. The number of hydrogen-bond donors (Lipinski definition) is 1. The molecule has 0 aromatic heterocycles. The maximum Gasteiger partial charge on any atom is 0.410 e. The van der Waals surface area contributed by atoms with E-state index in [4.69, 9.17) is 9.16 Å². The van der Waals surface area contributed by atoms with Crippen LogP contribution in [-0.4, -0.2) is 59.9 Å². The van der Waals surface area contributed by atoms with Crippen molar-refractivity contribution < 1.29 is 19.2 Å². The Bertz CT molecular complexity index is 1520. The fraction of sp³-hybridized carbons (Fsp3) is 0.375. The van der Waals surface area contributed by atoms with Gasteiger partial charge in [-0.25, -0.2) is 4.79 Å². The van der Waals surface area contributed by atoms with Crippen molar-refractivity contribution in [3.05, 3.63) is 132 Å². The molecule has 4 aromatic rings. The largest absolute Gasteiger partial charge is 0.444 e. The molecule has 0 saturated carbocycles. The third kappa shape index (κ3) is 8.22. The summed E-state index contributed by atoms with van der Waals surface area (Å²) in [7, 11) is -2.91. The number of rotatable bonds is 10. The molecular weight excluding hydrogens is 601 g/mol. The third-order valence-corrected chi connectivity index (χ3v) is 14.1. The van der Waals surface area contributed by atoms with Crippen LogP contribution in [0.1, 0.15) is 59.1 Å². The van der Waals surface area contributed by atoms with E-state index in [9.17, 15) is 10.0 Å². The number of ether oxygens (including phenoxy) is 1. The van der Waals surface area contributed by atoms with Gasteiger partial charge in [0.25, 0.3) is 8.32 Å². The minimum Gasteiger partial charge on any atom is -0.444 e. The molecule has 1 amide bonds. The van der Waals surface area contributed by atoms with Crippen molar-refractivity contribution in [1.82, 2.24) is 9.96 Å². The van der Waals surface area contributed by atoms with Gasteiger partial charge in [0.2, 0.25) is 0 Å². The second-order valence-corrected chi connectivity index (χ2v) is 18.9. The zero-order valence-corrected chi connectivity index (χ0v) is 29.7. The molecule has 5 rings (SSSR count). The summed E-state index contributed by atoms with van der Waals surface area (Å²) in [4.78, 5) is 15.8. The maximum absolute atomic E-state index is 14.0. The molecule has 248 valence electrons. The van der Waals surface area contributed by atoms with Crippen LogP contribution in [-0.2, 0) is 22.1 Å². The highest BCUT2D eigenvalue weighted by molar-refractivity contribution is 6.99. The van der Waals surface area contributed by atoms with Gasteiger partial charge in [-0.05, 0) is 60.2 Å². The molecule has 6 nitrogen and oxygen atoms in total. The summed E-state index contributed by atoms with van der Waals surface area (Å²) in [5, 5.41) is 15.4. The molecule has 1 aliphatic rings. The molecule has 0 radical (unpaired) electrons. The molecule has 1 saturated heterocycles. The average Bonchev–Trinajstić information content (AvgIpc) is 3.46. The van der Waals surface area contributed by atoms with E-state index in [1.807, 2.05) is 86.3 Å². The third-order valence-electron chi connectivity index (χ3n) is 9.00. The van der Waals surface area contributed by atoms with Crippen molar-refractivity contribution in [3.8, 4) is 0 Å². The predicted octanol–water partition coefficient (Wildman–Crippen LogP) is 7.44. The number of carbonyl (C=O) groups is 1. The highest BCUT2D eigenvalue weighted by atomic mass is 28.4. The molecule has 1 heterocycles. The lowest BCUT2D eigenvalue weighted by Crippen LogP contribution is -2.67. The van der Waals surface area contributed by atoms with Crippen LogP contribution < -0.4 is 10.4 Å². The number of carbonyl (C=O) groups excluding carboxylic acids is 1. The van der Waals surface area contributed by atoms with Gasteiger partial charge in [0.05, 0.1) is 18.2 Å². The molecule has 4 aromatic carbocycles.